The van der Waals surface area contributed by atoms with Crippen molar-refractivity contribution in [2.75, 3.05) is 0 Å². The fourth-order valence-electron chi connectivity index (χ4n) is 2.31. The van der Waals surface area contributed by atoms with E-state index in [1.54, 1.807) is 18.2 Å². The van der Waals surface area contributed by atoms with Gasteiger partial charge in [-0.25, -0.2) is 13.0 Å². The molecule has 0 amide bonds. The molecule has 0 N–H and O–H groups in total. The molecule has 1 aromatic heterocycles. The van der Waals surface area contributed by atoms with Crippen LogP contribution in [0, 0.1) is 0 Å². The number of rotatable bonds is 3. The highest BCUT2D eigenvalue weighted by molar-refractivity contribution is 7.85. The second kappa shape index (κ2) is 8.04. The maximum Gasteiger partial charge on any atom is 0.168 e. The van der Waals surface area contributed by atoms with E-state index in [4.69, 9.17) is 0 Å². The summed E-state index contributed by atoms with van der Waals surface area (Å²) >= 11 is 0. The topological polar surface area (TPSA) is 61.1 Å². The van der Waals surface area contributed by atoms with E-state index >= 15 is 0 Å². The van der Waals surface area contributed by atoms with Crippen molar-refractivity contribution < 1.29 is 17.5 Å². The summed E-state index contributed by atoms with van der Waals surface area (Å²) in [5, 5.41) is 1.67. The summed E-state index contributed by atoms with van der Waals surface area (Å²) in [6, 6.07) is 16.0. The highest BCUT2D eigenvalue weighted by Gasteiger charge is 2.01. The normalized spacial score (nSPS) is 11.0. The van der Waals surface area contributed by atoms with Crippen LogP contribution in [0.5, 0.6) is 0 Å². The van der Waals surface area contributed by atoms with Gasteiger partial charge < -0.3 is 4.55 Å². The minimum absolute atomic E-state index is 0.184. The molecule has 0 aliphatic rings. The highest BCUT2D eigenvalue weighted by Crippen LogP contribution is 2.18. The van der Waals surface area contributed by atoms with E-state index in [9.17, 15) is 13.0 Å². The molecule has 0 fully saturated rings. The van der Waals surface area contributed by atoms with E-state index in [1.807, 2.05) is 19.2 Å². The molecule has 3 aromatic rings. The van der Waals surface area contributed by atoms with Gasteiger partial charge in [-0.3, -0.25) is 0 Å². The molecule has 5 heteroatoms. The van der Waals surface area contributed by atoms with Gasteiger partial charge >= 0.3 is 0 Å². The lowest BCUT2D eigenvalue weighted by Crippen LogP contribution is -2.25. The van der Waals surface area contributed by atoms with Gasteiger partial charge in [-0.15, -0.1) is 0 Å². The Labute approximate surface area is 143 Å². The zero-order valence-electron chi connectivity index (χ0n) is 13.8. The molecule has 0 aliphatic carbocycles. The second-order valence-electron chi connectivity index (χ2n) is 5.58. The van der Waals surface area contributed by atoms with E-state index in [0.29, 0.717) is 0 Å². The van der Waals surface area contributed by atoms with Crippen LogP contribution in [-0.2, 0) is 23.6 Å². The van der Waals surface area contributed by atoms with Gasteiger partial charge in [0.05, 0.1) is 4.90 Å². The summed E-state index contributed by atoms with van der Waals surface area (Å²) in [7, 11) is -2.31. The molecule has 0 atom stereocenters. The Morgan fingerprint density at radius 3 is 2.17 bits per heavy atom. The Kier molecular flexibility index (Phi) is 6.06. The van der Waals surface area contributed by atoms with E-state index in [-0.39, 0.29) is 4.90 Å². The maximum absolute atomic E-state index is 10.7. The Morgan fingerprint density at radius 2 is 1.58 bits per heavy atom. The smallest absolute Gasteiger partial charge is 0.168 e. The zero-order valence-corrected chi connectivity index (χ0v) is 14.7. The first kappa shape index (κ1) is 18.1. The van der Waals surface area contributed by atoms with Crippen LogP contribution in [0.1, 0.15) is 18.9 Å². The third kappa shape index (κ3) is 5.15. The third-order valence-corrected chi connectivity index (χ3v) is 4.43. The predicted molar refractivity (Wildman–Crippen MR) is 93.5 cm³/mol. The van der Waals surface area contributed by atoms with E-state index < -0.39 is 10.1 Å². The van der Waals surface area contributed by atoms with Crippen molar-refractivity contribution in [2.24, 2.45) is 7.05 Å². The molecule has 0 saturated carbocycles. The number of pyridine rings is 1. The van der Waals surface area contributed by atoms with Gasteiger partial charge in [-0.2, -0.15) is 0 Å². The lowest BCUT2D eigenvalue weighted by Gasteiger charge is -2.07. The lowest BCUT2D eigenvalue weighted by molar-refractivity contribution is -0.671. The largest absolute Gasteiger partial charge is 0.744 e. The first-order valence-electron chi connectivity index (χ1n) is 7.79. The van der Waals surface area contributed by atoms with Crippen LogP contribution in [0.4, 0.5) is 0 Å². The number of aryl methyl sites for hydroxylation is 2. The van der Waals surface area contributed by atoms with Crippen LogP contribution in [0.15, 0.2) is 71.9 Å². The van der Waals surface area contributed by atoms with E-state index in [0.717, 1.165) is 10.8 Å². The minimum Gasteiger partial charge on any atom is -0.744 e. The lowest BCUT2D eigenvalue weighted by atomic mass is 10.1. The molecule has 3 rings (SSSR count). The molecule has 126 valence electrons. The monoisotopic (exact) mass is 343 g/mol. The fraction of sp³-hybridized carbons (Fsp3) is 0.211. The molecule has 0 unspecified atom stereocenters. The van der Waals surface area contributed by atoms with Gasteiger partial charge in [-0.05, 0) is 34.9 Å². The summed E-state index contributed by atoms with van der Waals surface area (Å²) in [4.78, 5) is -0.184. The second-order valence-corrected chi connectivity index (χ2v) is 6.96. The van der Waals surface area contributed by atoms with Crippen LogP contribution >= 0.6 is 0 Å². The van der Waals surface area contributed by atoms with E-state index in [2.05, 4.69) is 36.0 Å². The average molecular weight is 343 g/mol. The van der Waals surface area contributed by atoms with Crippen LogP contribution in [0.3, 0.4) is 0 Å². The molecule has 1 heterocycles. The molecule has 0 bridgehead atoms. The molecular weight excluding hydrogens is 322 g/mol. The maximum atomic E-state index is 10.7. The summed E-state index contributed by atoms with van der Waals surface area (Å²) in [6.45, 7) is 2.20. The first-order chi connectivity index (χ1) is 11.4. The Hall–Kier alpha value is -2.24. The average Bonchev–Trinajstić information content (AvgIpc) is 2.56. The minimum atomic E-state index is -4.34. The molecule has 0 spiro atoms. The number of fused-ring (bicyclic) bond motifs is 1. The molecule has 24 heavy (non-hydrogen) atoms. The van der Waals surface area contributed by atoms with Gasteiger partial charge in [0.15, 0.2) is 12.4 Å². The number of hydrogen-bond donors (Lipinski definition) is 0. The first-order valence-corrected chi connectivity index (χ1v) is 9.20. The van der Waals surface area contributed by atoms with Gasteiger partial charge in [0, 0.05) is 12.1 Å². The summed E-state index contributed by atoms with van der Waals surface area (Å²) in [5.41, 5.74) is 1.43. The van der Waals surface area contributed by atoms with Crippen molar-refractivity contribution in [3.63, 3.8) is 0 Å². The Balaban J connectivity index is 0.000000185. The number of benzene rings is 2. The summed E-state index contributed by atoms with van der Waals surface area (Å²) < 4.78 is 34.2. The highest BCUT2D eigenvalue weighted by atomic mass is 32.2. The van der Waals surface area contributed by atoms with Crippen LogP contribution < -0.4 is 4.57 Å². The molecular formula is C19H21NO3S. The number of aromatic nitrogens is 1. The van der Waals surface area contributed by atoms with Crippen molar-refractivity contribution in [2.45, 2.75) is 24.7 Å². The molecule has 2 aromatic carbocycles. The third-order valence-electron chi connectivity index (χ3n) is 3.60. The SMILES string of the molecule is CCCc1cc[n+](C)cc1.O=S(=O)([O-])c1ccc2ccccc2c1. The fourth-order valence-corrected chi connectivity index (χ4v) is 2.82. The van der Waals surface area contributed by atoms with Gasteiger partial charge in [-0.1, -0.05) is 43.7 Å². The summed E-state index contributed by atoms with van der Waals surface area (Å²) in [5.74, 6) is 0. The molecule has 4 nitrogen and oxygen atoms in total. The molecule has 0 radical (unpaired) electrons. The Morgan fingerprint density at radius 1 is 0.958 bits per heavy atom. The number of nitrogens with zero attached hydrogens (tertiary/aromatic N) is 1. The van der Waals surface area contributed by atoms with Crippen molar-refractivity contribution in [1.82, 2.24) is 0 Å². The van der Waals surface area contributed by atoms with Crippen LogP contribution in [0.25, 0.3) is 10.8 Å². The van der Waals surface area contributed by atoms with Crippen molar-refractivity contribution >= 4 is 20.9 Å². The van der Waals surface area contributed by atoms with Crippen molar-refractivity contribution in [1.29, 1.82) is 0 Å². The zero-order chi connectivity index (χ0) is 17.6. The quantitative estimate of drug-likeness (QED) is 0.542. The number of hydrogen-bond acceptors (Lipinski definition) is 3. The van der Waals surface area contributed by atoms with Gasteiger partial charge in [0.25, 0.3) is 0 Å². The summed E-state index contributed by atoms with van der Waals surface area (Å²) in [6.07, 6.45) is 6.60. The van der Waals surface area contributed by atoms with Crippen LogP contribution in [0.2, 0.25) is 0 Å². The Bertz CT molecular complexity index is 903. The van der Waals surface area contributed by atoms with Gasteiger partial charge in [0.1, 0.15) is 17.2 Å². The van der Waals surface area contributed by atoms with E-state index in [1.165, 1.54) is 30.5 Å². The van der Waals surface area contributed by atoms with Crippen molar-refractivity contribution in [3.8, 4) is 0 Å². The molecule has 0 aliphatic heterocycles. The van der Waals surface area contributed by atoms with Gasteiger partial charge in [0.2, 0.25) is 0 Å². The molecule has 0 saturated heterocycles. The predicted octanol–water partition coefficient (Wildman–Crippen LogP) is 3.21. The standard InChI is InChI=1S/C10H8O3S.C9H14N/c11-14(12,13)10-6-5-8-3-1-2-4-9(8)7-10;1-3-4-9-5-7-10(2)8-6-9/h1-7H,(H,11,12,13);5-8H,3-4H2,1-2H3/q;+1/p-1. The van der Waals surface area contributed by atoms with Crippen LogP contribution in [-0.4, -0.2) is 13.0 Å². The van der Waals surface area contributed by atoms with Crippen molar-refractivity contribution in [3.05, 3.63) is 72.6 Å².